The molecule has 3 rings (SSSR count). The average molecular weight is 492 g/mol. The average Bonchev–Trinajstić information content (AvgIpc) is 2.71. The Hall–Kier alpha value is -2.36. The highest BCUT2D eigenvalue weighted by Gasteiger charge is 2.21. The number of ether oxygens (including phenoxy) is 1. The molecule has 0 saturated heterocycles. The number of aliphatic hydroxyl groups is 1. The van der Waals surface area contributed by atoms with Crippen molar-refractivity contribution in [2.45, 2.75) is 36.9 Å². The Bertz CT molecular complexity index is 1130. The number of methoxy groups -OCH3 is 1. The van der Waals surface area contributed by atoms with Crippen molar-refractivity contribution in [2.75, 3.05) is 12.4 Å². The molecular formula is C21H22BrN3O4S. The fourth-order valence-electron chi connectivity index (χ4n) is 2.88. The highest BCUT2D eigenvalue weighted by molar-refractivity contribution is 9.10. The van der Waals surface area contributed by atoms with Gasteiger partial charge in [-0.1, -0.05) is 39.8 Å². The first-order chi connectivity index (χ1) is 14.3. The lowest BCUT2D eigenvalue weighted by Crippen LogP contribution is -2.29. The molecule has 0 saturated carbocycles. The molecule has 1 aromatic heterocycles. The van der Waals surface area contributed by atoms with Gasteiger partial charge in [0.25, 0.3) is 5.56 Å². The third-order valence-corrected chi connectivity index (χ3v) is 5.93. The second-order valence-corrected chi connectivity index (χ2v) is 8.99. The van der Waals surface area contributed by atoms with Crippen LogP contribution in [0.1, 0.15) is 13.8 Å². The number of nitrogens with one attached hydrogen (secondary N) is 1. The summed E-state index contributed by atoms with van der Waals surface area (Å²) in [7, 11) is 1.54. The largest absolute Gasteiger partial charge is 0.495 e. The molecule has 0 spiro atoms. The molecule has 1 amide bonds. The minimum Gasteiger partial charge on any atom is -0.495 e. The Labute approximate surface area is 186 Å². The van der Waals surface area contributed by atoms with Gasteiger partial charge in [0.2, 0.25) is 5.91 Å². The SMILES string of the molecule is COc1ccccc1NC(=O)[C@@H](C)Sc1nc2ccc(Br)cc2c(=O)n1C[C@H](C)O. The minimum atomic E-state index is -0.744. The van der Waals surface area contributed by atoms with Gasteiger partial charge in [0.1, 0.15) is 5.75 Å². The van der Waals surface area contributed by atoms with E-state index in [-0.39, 0.29) is 18.0 Å². The van der Waals surface area contributed by atoms with Gasteiger partial charge < -0.3 is 15.2 Å². The van der Waals surface area contributed by atoms with Crippen LogP contribution in [0.2, 0.25) is 0 Å². The van der Waals surface area contributed by atoms with Crippen molar-refractivity contribution < 1.29 is 14.6 Å². The van der Waals surface area contributed by atoms with Crippen molar-refractivity contribution >= 4 is 50.2 Å². The third kappa shape index (κ3) is 5.03. The maximum absolute atomic E-state index is 13.0. The second-order valence-electron chi connectivity index (χ2n) is 6.77. The molecule has 2 N–H and O–H groups in total. The molecule has 30 heavy (non-hydrogen) atoms. The standard InChI is InChI=1S/C21H22BrN3O4S/c1-12(26)11-25-20(28)15-10-14(22)8-9-16(15)24-21(25)30-13(2)19(27)23-17-6-4-5-7-18(17)29-3/h4-10,12-13,26H,11H2,1-3H3,(H,23,27)/t12-,13+/m0/s1. The van der Waals surface area contributed by atoms with E-state index in [1.54, 1.807) is 50.2 Å². The number of fused-ring (bicyclic) bond motifs is 1. The number of hydrogen-bond donors (Lipinski definition) is 2. The van der Waals surface area contributed by atoms with Gasteiger partial charge in [0.05, 0.1) is 41.6 Å². The van der Waals surface area contributed by atoms with Crippen molar-refractivity contribution in [2.24, 2.45) is 0 Å². The van der Waals surface area contributed by atoms with Crippen molar-refractivity contribution in [3.05, 3.63) is 57.3 Å². The van der Waals surface area contributed by atoms with Gasteiger partial charge in [-0.15, -0.1) is 0 Å². The Kier molecular flexibility index (Phi) is 7.17. The van der Waals surface area contributed by atoms with Crippen molar-refractivity contribution in [3.8, 4) is 5.75 Å². The number of thioether (sulfide) groups is 1. The Morgan fingerprint density at radius 3 is 2.73 bits per heavy atom. The highest BCUT2D eigenvalue weighted by Crippen LogP contribution is 2.27. The van der Waals surface area contributed by atoms with E-state index >= 15 is 0 Å². The molecule has 0 fully saturated rings. The number of carbonyl (C=O) groups is 1. The molecule has 0 unspecified atom stereocenters. The fraction of sp³-hybridized carbons (Fsp3) is 0.286. The first-order valence-corrected chi connectivity index (χ1v) is 11.0. The van der Waals surface area contributed by atoms with E-state index in [2.05, 4.69) is 26.2 Å². The monoisotopic (exact) mass is 491 g/mol. The van der Waals surface area contributed by atoms with E-state index in [1.165, 1.54) is 11.7 Å². The number of amides is 1. The second kappa shape index (κ2) is 9.63. The molecule has 0 aliphatic carbocycles. The number of benzene rings is 2. The van der Waals surface area contributed by atoms with Crippen LogP contribution in [0.15, 0.2) is 56.9 Å². The zero-order chi connectivity index (χ0) is 21.8. The quantitative estimate of drug-likeness (QED) is 0.386. The lowest BCUT2D eigenvalue weighted by atomic mass is 10.2. The van der Waals surface area contributed by atoms with Crippen molar-refractivity contribution in [1.29, 1.82) is 0 Å². The van der Waals surface area contributed by atoms with Crippen LogP contribution in [0.3, 0.4) is 0 Å². The fourth-order valence-corrected chi connectivity index (χ4v) is 4.16. The molecule has 7 nitrogen and oxygen atoms in total. The van der Waals surface area contributed by atoms with Crippen LogP contribution in [0, 0.1) is 0 Å². The number of aliphatic hydroxyl groups excluding tert-OH is 1. The molecule has 9 heteroatoms. The zero-order valence-corrected chi connectivity index (χ0v) is 19.2. The summed E-state index contributed by atoms with van der Waals surface area (Å²) < 4.78 is 7.45. The van der Waals surface area contributed by atoms with Gasteiger partial charge in [-0.25, -0.2) is 4.98 Å². The number of anilines is 1. The molecule has 0 aliphatic rings. The molecule has 2 atom stereocenters. The number of halogens is 1. The van der Waals surface area contributed by atoms with E-state index < -0.39 is 11.4 Å². The van der Waals surface area contributed by atoms with E-state index in [9.17, 15) is 14.7 Å². The Morgan fingerprint density at radius 1 is 1.30 bits per heavy atom. The number of aromatic nitrogens is 2. The first-order valence-electron chi connectivity index (χ1n) is 9.29. The normalized spacial score (nSPS) is 13.1. The third-order valence-electron chi connectivity index (χ3n) is 4.34. The first kappa shape index (κ1) is 22.3. The van der Waals surface area contributed by atoms with Gasteiger partial charge in [-0.05, 0) is 44.2 Å². The van der Waals surface area contributed by atoms with Crippen LogP contribution in [0.25, 0.3) is 10.9 Å². The van der Waals surface area contributed by atoms with Crippen LogP contribution >= 0.6 is 27.7 Å². The number of nitrogens with zero attached hydrogens (tertiary/aromatic N) is 2. The molecule has 0 radical (unpaired) electrons. The molecular weight excluding hydrogens is 470 g/mol. The number of para-hydroxylation sites is 2. The summed E-state index contributed by atoms with van der Waals surface area (Å²) in [5.41, 5.74) is 0.835. The summed E-state index contributed by atoms with van der Waals surface area (Å²) in [6.07, 6.45) is -0.744. The van der Waals surface area contributed by atoms with Gasteiger partial charge in [-0.2, -0.15) is 0 Å². The number of carbonyl (C=O) groups excluding carboxylic acids is 1. The van der Waals surface area contributed by atoms with Crippen LogP contribution in [0.5, 0.6) is 5.75 Å². The van der Waals surface area contributed by atoms with Crippen molar-refractivity contribution in [3.63, 3.8) is 0 Å². The summed E-state index contributed by atoms with van der Waals surface area (Å²) in [6.45, 7) is 3.42. The van der Waals surface area contributed by atoms with Crippen LogP contribution < -0.4 is 15.6 Å². The topological polar surface area (TPSA) is 93.5 Å². The van der Waals surface area contributed by atoms with Crippen LogP contribution in [-0.4, -0.2) is 39.0 Å². The molecule has 158 valence electrons. The summed E-state index contributed by atoms with van der Waals surface area (Å²) in [6, 6.07) is 12.4. The number of rotatable bonds is 7. The summed E-state index contributed by atoms with van der Waals surface area (Å²) in [5, 5.41) is 13.0. The smallest absolute Gasteiger partial charge is 0.262 e. The predicted octanol–water partition coefficient (Wildman–Crippen LogP) is 3.67. The summed E-state index contributed by atoms with van der Waals surface area (Å²) in [4.78, 5) is 30.4. The van der Waals surface area contributed by atoms with Crippen molar-refractivity contribution in [1.82, 2.24) is 9.55 Å². The molecule has 2 aromatic carbocycles. The van der Waals surface area contributed by atoms with Crippen LogP contribution in [0.4, 0.5) is 5.69 Å². The lowest BCUT2D eigenvalue weighted by molar-refractivity contribution is -0.115. The zero-order valence-electron chi connectivity index (χ0n) is 16.8. The van der Waals surface area contributed by atoms with E-state index in [0.717, 1.165) is 16.2 Å². The molecule has 0 bridgehead atoms. The van der Waals surface area contributed by atoms with Gasteiger partial charge >= 0.3 is 0 Å². The predicted molar refractivity (Wildman–Crippen MR) is 122 cm³/mol. The lowest BCUT2D eigenvalue weighted by Gasteiger charge is -2.18. The van der Waals surface area contributed by atoms with E-state index in [1.807, 2.05) is 6.07 Å². The van der Waals surface area contributed by atoms with Crippen LogP contribution in [-0.2, 0) is 11.3 Å². The Morgan fingerprint density at radius 2 is 2.03 bits per heavy atom. The minimum absolute atomic E-state index is 0.0808. The van der Waals surface area contributed by atoms with Gasteiger partial charge in [0, 0.05) is 4.47 Å². The summed E-state index contributed by atoms with van der Waals surface area (Å²) >= 11 is 4.53. The molecule has 1 heterocycles. The van der Waals surface area contributed by atoms with E-state index in [4.69, 9.17) is 4.74 Å². The van der Waals surface area contributed by atoms with Gasteiger partial charge in [0.15, 0.2) is 5.16 Å². The maximum Gasteiger partial charge on any atom is 0.262 e. The maximum atomic E-state index is 13.0. The van der Waals surface area contributed by atoms with Gasteiger partial charge in [-0.3, -0.25) is 14.2 Å². The highest BCUT2D eigenvalue weighted by atomic mass is 79.9. The molecule has 0 aliphatic heterocycles. The van der Waals surface area contributed by atoms with E-state index in [0.29, 0.717) is 27.5 Å². The number of hydrogen-bond acceptors (Lipinski definition) is 6. The Balaban J connectivity index is 1.92. The molecule has 3 aromatic rings. The summed E-state index contributed by atoms with van der Waals surface area (Å²) in [5.74, 6) is 0.307.